The number of halogens is 2. The van der Waals surface area contributed by atoms with Crippen molar-refractivity contribution in [1.29, 1.82) is 0 Å². The van der Waals surface area contributed by atoms with Gasteiger partial charge in [-0.25, -0.2) is 9.40 Å². The van der Waals surface area contributed by atoms with Crippen LogP contribution in [0.5, 0.6) is 0 Å². The molecule has 1 amide bonds. The highest BCUT2D eigenvalue weighted by Crippen LogP contribution is 2.38. The Morgan fingerprint density at radius 3 is 2.49 bits per heavy atom. The third-order valence-electron chi connectivity index (χ3n) is 6.31. The summed E-state index contributed by atoms with van der Waals surface area (Å²) in [5, 5.41) is 15.5. The Morgan fingerprint density at radius 1 is 1.03 bits per heavy atom. The number of aromatic nitrogens is 1. The van der Waals surface area contributed by atoms with Gasteiger partial charge in [-0.2, -0.15) is 5.10 Å². The molecule has 0 bridgehead atoms. The summed E-state index contributed by atoms with van der Waals surface area (Å²) in [4.78, 5) is 40.6. The maximum absolute atomic E-state index is 14.8. The zero-order valence-corrected chi connectivity index (χ0v) is 21.0. The van der Waals surface area contributed by atoms with Crippen molar-refractivity contribution >= 4 is 44.4 Å². The number of amides is 1. The van der Waals surface area contributed by atoms with E-state index in [1.54, 1.807) is 24.3 Å². The molecule has 5 rings (SSSR count). The predicted molar refractivity (Wildman–Crippen MR) is 142 cm³/mol. The highest BCUT2D eigenvalue weighted by atomic mass is 79.9. The molecule has 0 radical (unpaired) electrons. The molecule has 0 saturated heterocycles. The van der Waals surface area contributed by atoms with Crippen molar-refractivity contribution in [3.8, 4) is 11.1 Å². The number of carbonyl (C=O) groups excluding carboxylic acids is 1. The Morgan fingerprint density at radius 2 is 1.76 bits per heavy atom. The van der Waals surface area contributed by atoms with Crippen molar-refractivity contribution in [3.63, 3.8) is 0 Å². The van der Waals surface area contributed by atoms with Crippen LogP contribution in [0, 0.1) is 5.82 Å². The van der Waals surface area contributed by atoms with Crippen LogP contribution >= 0.6 is 15.9 Å². The van der Waals surface area contributed by atoms with E-state index < -0.39 is 23.7 Å². The molecule has 2 N–H and O–H groups in total. The Kier molecular flexibility index (Phi) is 6.71. The number of aliphatic carboxylic acids is 1. The number of hydrazone groups is 1. The quantitative estimate of drug-likeness (QED) is 0.318. The molecule has 1 aliphatic heterocycles. The van der Waals surface area contributed by atoms with Crippen LogP contribution < -0.4 is 5.56 Å². The zero-order valence-electron chi connectivity index (χ0n) is 19.4. The van der Waals surface area contributed by atoms with Crippen LogP contribution in [0.25, 0.3) is 22.0 Å². The summed E-state index contributed by atoms with van der Waals surface area (Å²) in [7, 11) is 0. The number of H-pyrrole nitrogens is 1. The summed E-state index contributed by atoms with van der Waals surface area (Å²) in [6.07, 6.45) is -0.601. The van der Waals surface area contributed by atoms with Gasteiger partial charge >= 0.3 is 5.97 Å². The minimum absolute atomic E-state index is 0.0855. The van der Waals surface area contributed by atoms with Gasteiger partial charge in [-0.1, -0.05) is 64.5 Å². The Hall–Kier alpha value is -4.11. The number of carboxylic acids is 1. The fourth-order valence-corrected chi connectivity index (χ4v) is 5.01. The predicted octanol–water partition coefficient (Wildman–Crippen LogP) is 5.64. The average molecular weight is 562 g/mol. The second kappa shape index (κ2) is 10.1. The largest absolute Gasteiger partial charge is 0.481 e. The molecule has 9 heteroatoms. The van der Waals surface area contributed by atoms with Gasteiger partial charge in [0.1, 0.15) is 5.82 Å². The number of benzene rings is 3. The number of carbonyl (C=O) groups is 2. The molecule has 3 aromatic carbocycles. The highest BCUT2D eigenvalue weighted by Gasteiger charge is 2.36. The van der Waals surface area contributed by atoms with Crippen molar-refractivity contribution in [1.82, 2.24) is 9.99 Å². The number of rotatable bonds is 6. The van der Waals surface area contributed by atoms with E-state index in [1.165, 1.54) is 6.07 Å². The second-order valence-electron chi connectivity index (χ2n) is 8.68. The SMILES string of the molecule is O=C(O)CCC(=O)N1N=C(c2c(-c3ccccc3)c3cc(Br)ccc3[nH]c2=O)CC1c1ccccc1F. The van der Waals surface area contributed by atoms with Crippen LogP contribution in [0.4, 0.5) is 4.39 Å². The number of aromatic amines is 1. The number of fused-ring (bicyclic) bond motifs is 1. The molecule has 1 aromatic heterocycles. The summed E-state index contributed by atoms with van der Waals surface area (Å²) in [5.41, 5.74) is 2.52. The van der Waals surface area contributed by atoms with Crippen LogP contribution in [-0.4, -0.2) is 32.7 Å². The average Bonchev–Trinajstić information content (AvgIpc) is 3.32. The molecular formula is C28H21BrFN3O4. The van der Waals surface area contributed by atoms with E-state index in [0.717, 1.165) is 20.4 Å². The third-order valence-corrected chi connectivity index (χ3v) is 6.80. The van der Waals surface area contributed by atoms with Gasteiger partial charge in [0.2, 0.25) is 5.91 Å². The molecule has 0 saturated carbocycles. The van der Waals surface area contributed by atoms with Crippen molar-refractivity contribution < 1.29 is 19.1 Å². The summed E-state index contributed by atoms with van der Waals surface area (Å²) in [5.74, 6) is -2.20. The van der Waals surface area contributed by atoms with Crippen molar-refractivity contribution in [2.75, 3.05) is 0 Å². The first-order chi connectivity index (χ1) is 17.8. The molecule has 1 unspecified atom stereocenters. The van der Waals surface area contributed by atoms with E-state index in [4.69, 9.17) is 5.11 Å². The maximum Gasteiger partial charge on any atom is 0.303 e. The Bertz CT molecular complexity index is 1620. The summed E-state index contributed by atoms with van der Waals surface area (Å²) in [6, 6.07) is 20.2. The lowest BCUT2D eigenvalue weighted by atomic mass is 9.91. The van der Waals surface area contributed by atoms with Gasteiger partial charge in [0.25, 0.3) is 5.56 Å². The topological polar surface area (TPSA) is 103 Å². The van der Waals surface area contributed by atoms with Crippen molar-refractivity contribution in [2.45, 2.75) is 25.3 Å². The van der Waals surface area contributed by atoms with Gasteiger partial charge in [0.15, 0.2) is 0 Å². The number of nitrogens with zero attached hydrogens (tertiary/aromatic N) is 2. The van der Waals surface area contributed by atoms with Crippen molar-refractivity contribution in [3.05, 3.63) is 105 Å². The molecule has 186 valence electrons. The summed E-state index contributed by atoms with van der Waals surface area (Å²) in [6.45, 7) is 0. The maximum atomic E-state index is 14.8. The normalized spacial score (nSPS) is 15.1. The van der Waals surface area contributed by atoms with E-state index in [9.17, 15) is 18.8 Å². The van der Waals surface area contributed by atoms with Gasteiger partial charge in [-0.3, -0.25) is 14.4 Å². The first-order valence-electron chi connectivity index (χ1n) is 11.6. The monoisotopic (exact) mass is 561 g/mol. The van der Waals surface area contributed by atoms with E-state index in [0.29, 0.717) is 16.8 Å². The first kappa shape index (κ1) is 24.6. The fraction of sp³-hybridized carbons (Fsp3) is 0.143. The van der Waals surface area contributed by atoms with Gasteiger partial charge in [-0.15, -0.1) is 0 Å². The number of hydrogen-bond donors (Lipinski definition) is 2. The van der Waals surface area contributed by atoms with E-state index in [1.807, 2.05) is 42.5 Å². The van der Waals surface area contributed by atoms with Crippen LogP contribution in [-0.2, 0) is 9.59 Å². The van der Waals surface area contributed by atoms with Gasteiger partial charge < -0.3 is 10.1 Å². The van der Waals surface area contributed by atoms with Crippen LogP contribution in [0.3, 0.4) is 0 Å². The number of nitrogens with one attached hydrogen (secondary N) is 1. The number of carboxylic acid groups (broad SMARTS) is 1. The molecule has 7 nitrogen and oxygen atoms in total. The Labute approximate surface area is 219 Å². The summed E-state index contributed by atoms with van der Waals surface area (Å²) < 4.78 is 15.7. The lowest BCUT2D eigenvalue weighted by Crippen LogP contribution is -2.28. The third kappa shape index (κ3) is 4.82. The first-order valence-corrected chi connectivity index (χ1v) is 12.4. The van der Waals surface area contributed by atoms with Crippen molar-refractivity contribution in [2.24, 2.45) is 5.10 Å². The van der Waals surface area contributed by atoms with Crippen LogP contribution in [0.15, 0.2) is 87.2 Å². The molecular weight excluding hydrogens is 541 g/mol. The van der Waals surface area contributed by atoms with Gasteiger partial charge in [-0.05, 0) is 29.8 Å². The highest BCUT2D eigenvalue weighted by molar-refractivity contribution is 9.10. The zero-order chi connectivity index (χ0) is 26.1. The molecule has 4 aromatic rings. The van der Waals surface area contributed by atoms with E-state index in [2.05, 4.69) is 26.0 Å². The van der Waals surface area contributed by atoms with Gasteiger partial charge in [0, 0.05) is 39.3 Å². The minimum Gasteiger partial charge on any atom is -0.481 e. The van der Waals surface area contributed by atoms with Crippen LogP contribution in [0.1, 0.15) is 36.4 Å². The molecule has 1 aliphatic rings. The standard InChI is InChI=1S/C28H21BrFN3O4/c29-17-10-11-21-19(14-17)26(16-6-2-1-3-7-16)27(28(37)31-21)22-15-23(18-8-4-5-9-20(18)30)33(32-22)24(34)12-13-25(35)36/h1-11,14,23H,12-13,15H2,(H,31,37)(H,35,36). The smallest absolute Gasteiger partial charge is 0.303 e. The lowest BCUT2D eigenvalue weighted by molar-refractivity contribution is -0.141. The van der Waals surface area contributed by atoms with Gasteiger partial charge in [0.05, 0.1) is 23.7 Å². The molecule has 1 atom stereocenters. The van der Waals surface area contributed by atoms with Crippen LogP contribution in [0.2, 0.25) is 0 Å². The molecule has 0 spiro atoms. The number of hydrogen-bond acceptors (Lipinski definition) is 4. The molecule has 0 aliphatic carbocycles. The van der Waals surface area contributed by atoms with E-state index in [-0.39, 0.29) is 35.9 Å². The summed E-state index contributed by atoms with van der Waals surface area (Å²) >= 11 is 3.51. The number of pyridine rings is 1. The molecule has 0 fully saturated rings. The van der Waals surface area contributed by atoms with E-state index >= 15 is 0 Å². The Balaban J connectivity index is 1.71. The molecule has 37 heavy (non-hydrogen) atoms. The fourth-order valence-electron chi connectivity index (χ4n) is 4.65. The minimum atomic E-state index is -1.12. The lowest BCUT2D eigenvalue weighted by Gasteiger charge is -2.22. The second-order valence-corrected chi connectivity index (χ2v) is 9.60. The molecule has 2 heterocycles.